The van der Waals surface area contributed by atoms with Crippen LogP contribution in [0.1, 0.15) is 34.6 Å². The minimum Gasteiger partial charge on any atom is -0.376 e. The molecular formula is C15H21N5O2S. The number of nitrogens with one attached hydrogen (secondary N) is 1. The molecule has 0 saturated carbocycles. The summed E-state index contributed by atoms with van der Waals surface area (Å²) >= 11 is 1.28. The van der Waals surface area contributed by atoms with Gasteiger partial charge in [-0.1, -0.05) is 11.8 Å². The molecule has 2 aromatic heterocycles. The number of aromatic nitrogens is 4. The normalized spacial score (nSPS) is 17.7. The highest BCUT2D eigenvalue weighted by Gasteiger charge is 2.21. The number of nitrogen functional groups attached to an aromatic ring is 1. The summed E-state index contributed by atoms with van der Waals surface area (Å²) in [7, 11) is 0. The second-order valence-corrected chi connectivity index (χ2v) is 6.69. The number of rotatable bonds is 6. The van der Waals surface area contributed by atoms with Crippen LogP contribution in [0.5, 0.6) is 0 Å². The van der Waals surface area contributed by atoms with Crippen molar-refractivity contribution in [3.8, 4) is 0 Å². The Bertz CT molecular complexity index is 703. The van der Waals surface area contributed by atoms with E-state index >= 15 is 0 Å². The highest BCUT2D eigenvalue weighted by atomic mass is 32.2. The van der Waals surface area contributed by atoms with Crippen molar-refractivity contribution < 1.29 is 9.53 Å². The number of anilines is 1. The number of aromatic amines is 1. The van der Waals surface area contributed by atoms with Crippen molar-refractivity contribution >= 4 is 23.5 Å². The quantitative estimate of drug-likeness (QED) is 0.618. The third kappa shape index (κ3) is 3.59. The van der Waals surface area contributed by atoms with E-state index in [2.05, 4.69) is 19.7 Å². The first-order chi connectivity index (χ1) is 11.0. The highest BCUT2D eigenvalue weighted by Crippen LogP contribution is 2.22. The lowest BCUT2D eigenvalue weighted by atomic mass is 10.2. The molecular weight excluding hydrogens is 314 g/mol. The fourth-order valence-corrected chi connectivity index (χ4v) is 3.58. The molecule has 8 heteroatoms. The fraction of sp³-hybridized carbons (Fsp3) is 0.533. The minimum absolute atomic E-state index is 0.0741. The van der Waals surface area contributed by atoms with Gasteiger partial charge in [0.05, 0.1) is 11.9 Å². The molecule has 1 aliphatic heterocycles. The van der Waals surface area contributed by atoms with E-state index in [1.807, 2.05) is 19.9 Å². The number of hydrogen-bond donors (Lipinski definition) is 2. The summed E-state index contributed by atoms with van der Waals surface area (Å²) in [5, 5.41) is 6.98. The van der Waals surface area contributed by atoms with Crippen molar-refractivity contribution in [3.05, 3.63) is 23.0 Å². The average Bonchev–Trinajstić information content (AvgIpc) is 3.23. The number of hydrogen-bond acceptors (Lipinski definition) is 6. The predicted octanol–water partition coefficient (Wildman–Crippen LogP) is 1.96. The van der Waals surface area contributed by atoms with Crippen molar-refractivity contribution in [1.82, 2.24) is 19.7 Å². The van der Waals surface area contributed by atoms with E-state index in [9.17, 15) is 4.79 Å². The maximum Gasteiger partial charge on any atom is 0.216 e. The van der Waals surface area contributed by atoms with Gasteiger partial charge in [-0.2, -0.15) is 4.98 Å². The first kappa shape index (κ1) is 16.1. The van der Waals surface area contributed by atoms with Gasteiger partial charge in [0.2, 0.25) is 11.1 Å². The second-order valence-electron chi connectivity index (χ2n) is 5.75. The number of aryl methyl sites for hydroxylation is 1. The molecule has 0 spiro atoms. The van der Waals surface area contributed by atoms with E-state index in [1.165, 1.54) is 11.8 Å². The number of H-pyrrole nitrogens is 1. The van der Waals surface area contributed by atoms with Crippen molar-refractivity contribution in [1.29, 1.82) is 0 Å². The van der Waals surface area contributed by atoms with Crippen LogP contribution in [0.15, 0.2) is 11.2 Å². The summed E-state index contributed by atoms with van der Waals surface area (Å²) in [5.74, 6) is 0.626. The zero-order valence-corrected chi connectivity index (χ0v) is 14.2. The summed E-state index contributed by atoms with van der Waals surface area (Å²) in [4.78, 5) is 16.5. The van der Waals surface area contributed by atoms with Crippen LogP contribution in [0.25, 0.3) is 0 Å². The maximum absolute atomic E-state index is 12.5. The highest BCUT2D eigenvalue weighted by molar-refractivity contribution is 7.99. The largest absolute Gasteiger partial charge is 0.376 e. The molecule has 3 rings (SSSR count). The topological polar surface area (TPSA) is 98.8 Å². The van der Waals surface area contributed by atoms with Gasteiger partial charge in [0.15, 0.2) is 5.78 Å². The Hall–Kier alpha value is -1.80. The monoisotopic (exact) mass is 335 g/mol. The first-order valence-electron chi connectivity index (χ1n) is 7.67. The van der Waals surface area contributed by atoms with Crippen LogP contribution in [0.2, 0.25) is 0 Å². The zero-order chi connectivity index (χ0) is 16.4. The maximum atomic E-state index is 12.5. The van der Waals surface area contributed by atoms with Crippen LogP contribution < -0.4 is 5.73 Å². The number of carbonyl (C=O) groups is 1. The van der Waals surface area contributed by atoms with Gasteiger partial charge in [-0.15, -0.1) is 5.10 Å². The number of nitrogens with zero attached hydrogens (tertiary/aromatic N) is 3. The Morgan fingerprint density at radius 1 is 1.57 bits per heavy atom. The van der Waals surface area contributed by atoms with E-state index in [4.69, 9.17) is 10.5 Å². The number of thioether (sulfide) groups is 1. The van der Waals surface area contributed by atoms with Gasteiger partial charge in [-0.3, -0.25) is 4.79 Å². The van der Waals surface area contributed by atoms with E-state index in [1.54, 1.807) is 0 Å². The summed E-state index contributed by atoms with van der Waals surface area (Å²) in [6.07, 6.45) is 2.46. The SMILES string of the molecule is Cc1cc(C(=O)CSc2n[nH]c(N)n2)c(C)n1C[C@H]1CCCO1. The molecule has 0 aliphatic carbocycles. The molecule has 0 aromatic carbocycles. The molecule has 2 aromatic rings. The third-order valence-electron chi connectivity index (χ3n) is 4.10. The molecule has 0 radical (unpaired) electrons. The van der Waals surface area contributed by atoms with Gasteiger partial charge in [-0.25, -0.2) is 5.10 Å². The Balaban J connectivity index is 1.68. The Morgan fingerprint density at radius 3 is 3.04 bits per heavy atom. The zero-order valence-electron chi connectivity index (χ0n) is 13.3. The number of carbonyl (C=O) groups excluding carboxylic acids is 1. The summed E-state index contributed by atoms with van der Waals surface area (Å²) in [6.45, 7) is 5.67. The molecule has 0 bridgehead atoms. The van der Waals surface area contributed by atoms with Crippen LogP contribution >= 0.6 is 11.8 Å². The van der Waals surface area contributed by atoms with Gasteiger partial charge in [0.25, 0.3) is 0 Å². The number of ether oxygens (including phenoxy) is 1. The van der Waals surface area contributed by atoms with Gasteiger partial charge in [0, 0.05) is 30.1 Å². The van der Waals surface area contributed by atoms with Gasteiger partial charge >= 0.3 is 0 Å². The summed E-state index contributed by atoms with van der Waals surface area (Å²) in [6, 6.07) is 1.96. The van der Waals surface area contributed by atoms with Gasteiger partial charge in [-0.05, 0) is 32.8 Å². The molecule has 124 valence electrons. The van der Waals surface area contributed by atoms with E-state index < -0.39 is 0 Å². The lowest BCUT2D eigenvalue weighted by Gasteiger charge is -2.14. The molecule has 0 amide bonds. The molecule has 3 heterocycles. The fourth-order valence-electron chi connectivity index (χ4n) is 2.89. The van der Waals surface area contributed by atoms with Crippen LogP contribution in [0, 0.1) is 13.8 Å². The van der Waals surface area contributed by atoms with Crippen LogP contribution in [-0.2, 0) is 11.3 Å². The van der Waals surface area contributed by atoms with E-state index in [0.717, 1.165) is 42.9 Å². The molecule has 3 N–H and O–H groups in total. The molecule has 1 aliphatic rings. The second kappa shape index (κ2) is 6.76. The molecule has 23 heavy (non-hydrogen) atoms. The number of Topliss-reactive ketones (excluding diaryl/α,β-unsaturated/α-hetero) is 1. The van der Waals surface area contributed by atoms with E-state index in [0.29, 0.717) is 10.9 Å². The Kier molecular flexibility index (Phi) is 4.72. The minimum atomic E-state index is 0.0741. The Morgan fingerprint density at radius 2 is 2.39 bits per heavy atom. The molecule has 1 atom stereocenters. The first-order valence-corrected chi connectivity index (χ1v) is 8.65. The summed E-state index contributed by atoms with van der Waals surface area (Å²) < 4.78 is 7.88. The van der Waals surface area contributed by atoms with Crippen LogP contribution in [0.3, 0.4) is 0 Å². The van der Waals surface area contributed by atoms with Gasteiger partial charge in [0.1, 0.15) is 0 Å². The van der Waals surface area contributed by atoms with Crippen LogP contribution in [-0.4, -0.2) is 44.0 Å². The van der Waals surface area contributed by atoms with E-state index in [-0.39, 0.29) is 17.8 Å². The molecule has 1 fully saturated rings. The summed E-state index contributed by atoms with van der Waals surface area (Å²) in [5.41, 5.74) is 8.33. The van der Waals surface area contributed by atoms with Crippen molar-refractivity contribution in [2.75, 3.05) is 18.1 Å². The van der Waals surface area contributed by atoms with Crippen LogP contribution in [0.4, 0.5) is 5.95 Å². The third-order valence-corrected chi connectivity index (χ3v) is 4.95. The number of nitrogens with two attached hydrogens (primary N) is 1. The van der Waals surface area contributed by atoms with Crippen molar-refractivity contribution in [2.24, 2.45) is 0 Å². The Labute approximate surface area is 139 Å². The number of ketones is 1. The predicted molar refractivity (Wildman–Crippen MR) is 88.7 cm³/mol. The lowest BCUT2D eigenvalue weighted by Crippen LogP contribution is -2.17. The standard InChI is InChI=1S/C15H21N5O2S/c1-9-6-12(10(2)20(9)7-11-4-3-5-22-11)13(21)8-23-15-17-14(16)18-19-15/h6,11H,3-5,7-8H2,1-2H3,(H3,16,17,18,19)/t11-/m1/s1. The molecule has 1 saturated heterocycles. The smallest absolute Gasteiger partial charge is 0.216 e. The lowest BCUT2D eigenvalue weighted by molar-refractivity contribution is 0.0957. The average molecular weight is 335 g/mol. The van der Waals surface area contributed by atoms with Crippen molar-refractivity contribution in [2.45, 2.75) is 44.5 Å². The van der Waals surface area contributed by atoms with Gasteiger partial charge < -0.3 is 15.0 Å². The molecule has 0 unspecified atom stereocenters. The van der Waals surface area contributed by atoms with Crippen molar-refractivity contribution in [3.63, 3.8) is 0 Å². The molecule has 7 nitrogen and oxygen atoms in total.